The maximum Gasteiger partial charge on any atom is 0.206 e. The molecule has 19 heavy (non-hydrogen) atoms. The summed E-state index contributed by atoms with van der Waals surface area (Å²) in [6.07, 6.45) is 4.94. The molecule has 1 aromatic rings. The number of rotatable bonds is 4. The Morgan fingerprint density at radius 1 is 1.37 bits per heavy atom. The van der Waals surface area contributed by atoms with Crippen LogP contribution in [0.25, 0.3) is 0 Å². The molecule has 0 bridgehead atoms. The van der Waals surface area contributed by atoms with Crippen molar-refractivity contribution in [3.05, 3.63) is 29.8 Å². The fourth-order valence-electron chi connectivity index (χ4n) is 2.39. The van der Waals surface area contributed by atoms with Gasteiger partial charge < -0.3 is 10.1 Å². The SMILES string of the molecule is COc1ccccc1CN=C(NN)NC1CCCC1. The molecule has 5 heteroatoms. The molecule has 0 atom stereocenters. The first kappa shape index (κ1) is 13.7. The molecule has 2 rings (SSSR count). The van der Waals surface area contributed by atoms with Crippen molar-refractivity contribution in [3.8, 4) is 5.75 Å². The van der Waals surface area contributed by atoms with Gasteiger partial charge >= 0.3 is 0 Å². The molecule has 1 saturated carbocycles. The lowest BCUT2D eigenvalue weighted by atomic mass is 10.2. The van der Waals surface area contributed by atoms with E-state index >= 15 is 0 Å². The van der Waals surface area contributed by atoms with E-state index in [4.69, 9.17) is 10.6 Å². The number of nitrogens with two attached hydrogens (primary N) is 1. The highest BCUT2D eigenvalue weighted by molar-refractivity contribution is 5.79. The number of hydrogen-bond acceptors (Lipinski definition) is 3. The lowest BCUT2D eigenvalue weighted by molar-refractivity contribution is 0.410. The highest BCUT2D eigenvalue weighted by atomic mass is 16.5. The maximum atomic E-state index is 5.51. The molecule has 0 aliphatic heterocycles. The Morgan fingerprint density at radius 2 is 2.11 bits per heavy atom. The standard InChI is InChI=1S/C14H22N4O/c1-19-13-9-5-2-6-11(13)10-16-14(18-15)17-12-7-3-4-8-12/h2,5-6,9,12H,3-4,7-8,10,15H2,1H3,(H2,16,17,18). The van der Waals surface area contributed by atoms with E-state index in [1.807, 2.05) is 24.3 Å². The average molecular weight is 262 g/mol. The van der Waals surface area contributed by atoms with Crippen LogP contribution in [0, 0.1) is 0 Å². The molecule has 1 aliphatic rings. The van der Waals surface area contributed by atoms with Gasteiger partial charge in [-0.15, -0.1) is 0 Å². The van der Waals surface area contributed by atoms with Crippen LogP contribution in [0.4, 0.5) is 0 Å². The number of methoxy groups -OCH3 is 1. The minimum Gasteiger partial charge on any atom is -0.496 e. The largest absolute Gasteiger partial charge is 0.496 e. The van der Waals surface area contributed by atoms with Crippen molar-refractivity contribution in [2.75, 3.05) is 7.11 Å². The second-order valence-corrected chi connectivity index (χ2v) is 4.75. The summed E-state index contributed by atoms with van der Waals surface area (Å²) in [5.74, 6) is 7.01. The van der Waals surface area contributed by atoms with E-state index in [0.29, 0.717) is 18.5 Å². The summed E-state index contributed by atoms with van der Waals surface area (Å²) in [6, 6.07) is 8.36. The van der Waals surface area contributed by atoms with Gasteiger partial charge in [0.25, 0.3) is 0 Å². The monoisotopic (exact) mass is 262 g/mol. The van der Waals surface area contributed by atoms with Crippen LogP contribution in [0.3, 0.4) is 0 Å². The quantitative estimate of drug-likeness (QED) is 0.333. The van der Waals surface area contributed by atoms with Gasteiger partial charge in [0.1, 0.15) is 5.75 Å². The van der Waals surface area contributed by atoms with Gasteiger partial charge in [-0.1, -0.05) is 31.0 Å². The summed E-state index contributed by atoms with van der Waals surface area (Å²) in [7, 11) is 1.67. The third-order valence-corrected chi connectivity index (χ3v) is 3.43. The predicted octanol–water partition coefficient (Wildman–Crippen LogP) is 1.55. The Morgan fingerprint density at radius 3 is 2.79 bits per heavy atom. The zero-order valence-electron chi connectivity index (χ0n) is 11.4. The van der Waals surface area contributed by atoms with Crippen LogP contribution in [0.2, 0.25) is 0 Å². The lowest BCUT2D eigenvalue weighted by Gasteiger charge is -2.15. The molecular weight excluding hydrogens is 240 g/mol. The van der Waals surface area contributed by atoms with Crippen LogP contribution in [0.15, 0.2) is 29.3 Å². The fourth-order valence-corrected chi connectivity index (χ4v) is 2.39. The van der Waals surface area contributed by atoms with E-state index in [0.717, 1.165) is 11.3 Å². The van der Waals surface area contributed by atoms with Crippen LogP contribution in [-0.2, 0) is 6.54 Å². The van der Waals surface area contributed by atoms with Gasteiger partial charge in [0, 0.05) is 11.6 Å². The Labute approximate surface area is 114 Å². The summed E-state index contributed by atoms with van der Waals surface area (Å²) >= 11 is 0. The van der Waals surface area contributed by atoms with Crippen molar-refractivity contribution >= 4 is 5.96 Å². The van der Waals surface area contributed by atoms with Crippen molar-refractivity contribution in [2.45, 2.75) is 38.3 Å². The number of aliphatic imine (C=N–C) groups is 1. The summed E-state index contributed by atoms with van der Waals surface area (Å²) in [6.45, 7) is 0.545. The fraction of sp³-hybridized carbons (Fsp3) is 0.500. The van der Waals surface area contributed by atoms with Gasteiger partial charge in [0.15, 0.2) is 0 Å². The van der Waals surface area contributed by atoms with Gasteiger partial charge in [-0.05, 0) is 18.9 Å². The number of guanidine groups is 1. The highest BCUT2D eigenvalue weighted by Gasteiger charge is 2.15. The van der Waals surface area contributed by atoms with Crippen molar-refractivity contribution in [1.82, 2.24) is 10.7 Å². The number of hydrogen-bond donors (Lipinski definition) is 3. The molecule has 104 valence electrons. The Hall–Kier alpha value is -1.75. The van der Waals surface area contributed by atoms with Crippen LogP contribution < -0.4 is 21.3 Å². The van der Waals surface area contributed by atoms with Gasteiger partial charge in [-0.25, -0.2) is 10.8 Å². The molecule has 1 fully saturated rings. The van der Waals surface area contributed by atoms with Gasteiger partial charge in [-0.3, -0.25) is 5.43 Å². The number of ether oxygens (including phenoxy) is 1. The minimum atomic E-state index is 0.493. The van der Waals surface area contributed by atoms with Crippen LogP contribution in [0.5, 0.6) is 5.75 Å². The smallest absolute Gasteiger partial charge is 0.206 e. The van der Waals surface area contributed by atoms with Crippen molar-refractivity contribution in [1.29, 1.82) is 0 Å². The number of benzene rings is 1. The van der Waals surface area contributed by atoms with Crippen LogP contribution >= 0.6 is 0 Å². The molecule has 0 amide bonds. The van der Waals surface area contributed by atoms with Crippen LogP contribution in [0.1, 0.15) is 31.2 Å². The van der Waals surface area contributed by atoms with Crippen molar-refractivity contribution in [3.63, 3.8) is 0 Å². The van der Waals surface area contributed by atoms with E-state index in [-0.39, 0.29) is 0 Å². The number of para-hydroxylation sites is 1. The van der Waals surface area contributed by atoms with Gasteiger partial charge in [0.05, 0.1) is 13.7 Å². The molecule has 0 aromatic heterocycles. The Balaban J connectivity index is 1.97. The first-order chi connectivity index (χ1) is 9.33. The van der Waals surface area contributed by atoms with Crippen LogP contribution in [-0.4, -0.2) is 19.1 Å². The second kappa shape index (κ2) is 6.99. The molecule has 1 aromatic carbocycles. The van der Waals surface area contributed by atoms with Crippen molar-refractivity contribution in [2.24, 2.45) is 10.8 Å². The molecule has 5 nitrogen and oxygen atoms in total. The molecule has 0 heterocycles. The minimum absolute atomic E-state index is 0.493. The molecule has 0 spiro atoms. The normalized spacial score (nSPS) is 16.4. The number of nitrogens with one attached hydrogen (secondary N) is 2. The lowest BCUT2D eigenvalue weighted by Crippen LogP contribution is -2.45. The topological polar surface area (TPSA) is 71.7 Å². The Bertz CT molecular complexity index is 427. The first-order valence-corrected chi connectivity index (χ1v) is 6.73. The van der Waals surface area contributed by atoms with E-state index in [9.17, 15) is 0 Å². The molecule has 1 aliphatic carbocycles. The summed E-state index contributed by atoms with van der Waals surface area (Å²) in [5, 5.41) is 3.35. The third-order valence-electron chi connectivity index (χ3n) is 3.43. The van der Waals surface area contributed by atoms with E-state index in [2.05, 4.69) is 15.7 Å². The Kier molecular flexibility index (Phi) is 5.03. The van der Waals surface area contributed by atoms with E-state index < -0.39 is 0 Å². The highest BCUT2D eigenvalue weighted by Crippen LogP contribution is 2.19. The summed E-state index contributed by atoms with van der Waals surface area (Å²) in [5.41, 5.74) is 3.68. The average Bonchev–Trinajstić information content (AvgIpc) is 2.96. The maximum absolute atomic E-state index is 5.51. The van der Waals surface area contributed by atoms with Gasteiger partial charge in [0.2, 0.25) is 5.96 Å². The zero-order valence-corrected chi connectivity index (χ0v) is 11.4. The molecule has 4 N–H and O–H groups in total. The third kappa shape index (κ3) is 3.86. The predicted molar refractivity (Wildman–Crippen MR) is 76.8 cm³/mol. The van der Waals surface area contributed by atoms with Crippen molar-refractivity contribution < 1.29 is 4.74 Å². The second-order valence-electron chi connectivity index (χ2n) is 4.75. The summed E-state index contributed by atoms with van der Waals surface area (Å²) in [4.78, 5) is 4.47. The number of hydrazine groups is 1. The van der Waals surface area contributed by atoms with E-state index in [1.54, 1.807) is 7.11 Å². The zero-order chi connectivity index (χ0) is 13.5. The molecule has 0 saturated heterocycles. The van der Waals surface area contributed by atoms with E-state index in [1.165, 1.54) is 25.7 Å². The van der Waals surface area contributed by atoms with Gasteiger partial charge in [-0.2, -0.15) is 0 Å². The molecular formula is C14H22N4O. The molecule has 0 unspecified atom stereocenters. The molecule has 0 radical (unpaired) electrons. The first-order valence-electron chi connectivity index (χ1n) is 6.73. The number of nitrogens with zero attached hydrogens (tertiary/aromatic N) is 1. The summed E-state index contributed by atoms with van der Waals surface area (Å²) < 4.78 is 5.30.